The van der Waals surface area contributed by atoms with Crippen LogP contribution in [-0.2, 0) is 9.16 Å². The fourth-order valence-corrected chi connectivity index (χ4v) is 3.58. The highest BCUT2D eigenvalue weighted by Gasteiger charge is 2.39. The Morgan fingerprint density at radius 3 is 2.22 bits per heavy atom. The first-order valence-corrected chi connectivity index (χ1v) is 13.1. The van der Waals surface area contributed by atoms with Crippen LogP contribution >= 0.6 is 0 Å². The Kier molecular flexibility index (Phi) is 10.6. The minimum atomic E-state index is -1.86. The minimum absolute atomic E-state index is 0.0728. The predicted molar refractivity (Wildman–Crippen MR) is 118 cm³/mol. The van der Waals surface area contributed by atoms with Gasteiger partial charge in [-0.25, -0.2) is 4.79 Å². The first-order valence-electron chi connectivity index (χ1n) is 10.2. The van der Waals surface area contributed by atoms with Gasteiger partial charge >= 0.3 is 6.09 Å². The second-order valence-corrected chi connectivity index (χ2v) is 14.5. The molecule has 0 radical (unpaired) electrons. The predicted octanol–water partition coefficient (Wildman–Crippen LogP) is 6.94. The van der Waals surface area contributed by atoms with E-state index in [0.717, 1.165) is 18.4 Å². The molecule has 1 unspecified atom stereocenters. The van der Waals surface area contributed by atoms with Crippen LogP contribution in [0.4, 0.5) is 4.79 Å². The molecular formula is C22H43NO3Si. The van der Waals surface area contributed by atoms with Crippen molar-refractivity contribution in [1.29, 1.82) is 0 Å². The van der Waals surface area contributed by atoms with E-state index in [1.54, 1.807) is 6.20 Å². The van der Waals surface area contributed by atoms with E-state index in [-0.39, 0.29) is 11.1 Å². The maximum absolute atomic E-state index is 11.7. The van der Waals surface area contributed by atoms with Gasteiger partial charge in [-0.2, -0.15) is 0 Å². The smallest absolute Gasteiger partial charge is 0.411 e. The van der Waals surface area contributed by atoms with Crippen LogP contribution in [0.5, 0.6) is 0 Å². The number of rotatable bonds is 10. The molecule has 0 heterocycles. The maximum Gasteiger partial charge on any atom is 0.411 e. The maximum atomic E-state index is 11.7. The van der Waals surface area contributed by atoms with Crippen molar-refractivity contribution in [2.45, 2.75) is 110 Å². The van der Waals surface area contributed by atoms with E-state index >= 15 is 0 Å². The van der Waals surface area contributed by atoms with E-state index < -0.39 is 20.0 Å². The Labute approximate surface area is 168 Å². The Morgan fingerprint density at radius 2 is 1.74 bits per heavy atom. The van der Waals surface area contributed by atoms with Gasteiger partial charge in [-0.1, -0.05) is 59.6 Å². The van der Waals surface area contributed by atoms with Gasteiger partial charge in [0.25, 0.3) is 0 Å². The van der Waals surface area contributed by atoms with Crippen LogP contribution in [0.1, 0.15) is 80.6 Å². The molecule has 1 amide bonds. The summed E-state index contributed by atoms with van der Waals surface area (Å²) in [6.07, 6.45) is 8.41. The monoisotopic (exact) mass is 397 g/mol. The molecule has 1 N–H and O–H groups in total. The number of ether oxygens (including phenoxy) is 1. The van der Waals surface area contributed by atoms with Gasteiger partial charge in [-0.3, -0.25) is 5.32 Å². The topological polar surface area (TPSA) is 47.6 Å². The molecule has 0 saturated carbocycles. The number of unbranched alkanes of at least 4 members (excludes halogenated alkanes) is 2. The van der Waals surface area contributed by atoms with E-state index in [1.807, 2.05) is 26.8 Å². The summed E-state index contributed by atoms with van der Waals surface area (Å²) in [4.78, 5) is 11.7. The minimum Gasteiger partial charge on any atom is -0.444 e. The third kappa shape index (κ3) is 11.4. The summed E-state index contributed by atoms with van der Waals surface area (Å²) >= 11 is 0. The highest BCUT2D eigenvalue weighted by atomic mass is 28.4. The molecule has 4 nitrogen and oxygen atoms in total. The van der Waals surface area contributed by atoms with Gasteiger partial charge in [0.2, 0.25) is 0 Å². The van der Waals surface area contributed by atoms with Gasteiger partial charge in [-0.05, 0) is 57.3 Å². The molecule has 1 atom stereocenters. The number of hydrogen-bond donors (Lipinski definition) is 1. The zero-order chi connectivity index (χ0) is 21.3. The summed E-state index contributed by atoms with van der Waals surface area (Å²) in [5.74, 6) is 0. The number of carbonyl (C=O) groups excluding carboxylic acids is 1. The lowest BCUT2D eigenvalue weighted by Gasteiger charge is -2.40. The SMILES string of the molecule is C=C(C/C=C/NC(=O)OC(C)(C)C)C(CCCCC)O[Si](C)(C)C(C)(C)C. The molecule has 27 heavy (non-hydrogen) atoms. The summed E-state index contributed by atoms with van der Waals surface area (Å²) in [5, 5.41) is 2.81. The molecule has 0 bridgehead atoms. The van der Waals surface area contributed by atoms with Crippen molar-refractivity contribution >= 4 is 14.4 Å². The number of nitrogens with one attached hydrogen (secondary N) is 1. The Balaban J connectivity index is 4.80. The fourth-order valence-electron chi connectivity index (χ4n) is 2.23. The van der Waals surface area contributed by atoms with Crippen molar-refractivity contribution < 1.29 is 14.0 Å². The van der Waals surface area contributed by atoms with Crippen molar-refractivity contribution in [3.8, 4) is 0 Å². The van der Waals surface area contributed by atoms with E-state index in [9.17, 15) is 4.79 Å². The van der Waals surface area contributed by atoms with Crippen molar-refractivity contribution in [2.24, 2.45) is 0 Å². The molecule has 0 aliphatic heterocycles. The van der Waals surface area contributed by atoms with Crippen LogP contribution in [0.15, 0.2) is 24.4 Å². The molecule has 0 saturated heterocycles. The summed E-state index contributed by atoms with van der Waals surface area (Å²) in [5.41, 5.74) is 0.571. The standard InChI is InChI=1S/C22H43NO3Si/c1-11-12-13-16-19(26-27(9,10)22(6,7)8)18(2)15-14-17-23-20(24)25-21(3,4)5/h14,17,19H,2,11-13,15-16H2,1,3-10H3,(H,23,24)/b17-14+. The number of allylic oxidation sites excluding steroid dienone is 1. The molecule has 0 aliphatic rings. The molecule has 0 aromatic rings. The third-order valence-corrected chi connectivity index (χ3v) is 9.35. The second kappa shape index (κ2) is 11.1. The van der Waals surface area contributed by atoms with Crippen LogP contribution in [0.25, 0.3) is 0 Å². The first-order chi connectivity index (χ1) is 12.2. The van der Waals surface area contributed by atoms with Gasteiger partial charge in [0.15, 0.2) is 8.32 Å². The average molecular weight is 398 g/mol. The van der Waals surface area contributed by atoms with Crippen molar-refractivity contribution in [1.82, 2.24) is 5.32 Å². The van der Waals surface area contributed by atoms with Gasteiger partial charge in [0.05, 0.1) is 6.10 Å². The molecule has 0 aliphatic carbocycles. The lowest BCUT2D eigenvalue weighted by Crippen LogP contribution is -2.44. The number of amides is 1. The van der Waals surface area contributed by atoms with Crippen molar-refractivity contribution in [3.63, 3.8) is 0 Å². The van der Waals surface area contributed by atoms with Crippen molar-refractivity contribution in [2.75, 3.05) is 0 Å². The largest absolute Gasteiger partial charge is 0.444 e. The summed E-state index contributed by atoms with van der Waals surface area (Å²) in [6.45, 7) is 23.4. The lowest BCUT2D eigenvalue weighted by atomic mass is 10.0. The molecule has 0 rings (SSSR count). The van der Waals surface area contributed by atoms with Crippen LogP contribution in [0.3, 0.4) is 0 Å². The molecule has 0 spiro atoms. The third-order valence-electron chi connectivity index (χ3n) is 4.87. The molecule has 0 aromatic heterocycles. The van der Waals surface area contributed by atoms with E-state index in [1.165, 1.54) is 12.8 Å². The highest BCUT2D eigenvalue weighted by molar-refractivity contribution is 6.74. The molecule has 0 fully saturated rings. The molecule has 0 aromatic carbocycles. The molecule has 5 heteroatoms. The van der Waals surface area contributed by atoms with Gasteiger partial charge in [0, 0.05) is 6.20 Å². The Morgan fingerprint density at radius 1 is 1.15 bits per heavy atom. The second-order valence-electron chi connectivity index (χ2n) is 9.77. The van der Waals surface area contributed by atoms with Crippen molar-refractivity contribution in [3.05, 3.63) is 24.4 Å². The van der Waals surface area contributed by atoms with Gasteiger partial charge in [0.1, 0.15) is 5.60 Å². The quantitative estimate of drug-likeness (QED) is 0.247. The average Bonchev–Trinajstić information content (AvgIpc) is 2.47. The zero-order valence-electron chi connectivity index (χ0n) is 19.2. The fraction of sp³-hybridized carbons (Fsp3) is 0.773. The highest BCUT2D eigenvalue weighted by Crippen LogP contribution is 2.38. The number of hydrogen-bond acceptors (Lipinski definition) is 3. The van der Waals surface area contributed by atoms with Crippen LogP contribution < -0.4 is 5.32 Å². The first kappa shape index (κ1) is 25.9. The summed E-state index contributed by atoms with van der Waals surface area (Å²) in [6, 6.07) is 0. The molecular weight excluding hydrogens is 354 g/mol. The summed E-state index contributed by atoms with van der Waals surface area (Å²) < 4.78 is 11.9. The van der Waals surface area contributed by atoms with Crippen LogP contribution in [0.2, 0.25) is 18.1 Å². The summed E-state index contributed by atoms with van der Waals surface area (Å²) in [7, 11) is -1.86. The normalized spacial score (nSPS) is 14.3. The van der Waals surface area contributed by atoms with Gasteiger partial charge < -0.3 is 9.16 Å². The van der Waals surface area contributed by atoms with E-state index in [2.05, 4.69) is 52.7 Å². The lowest BCUT2D eigenvalue weighted by molar-refractivity contribution is 0.0552. The van der Waals surface area contributed by atoms with Gasteiger partial charge in [-0.15, -0.1) is 0 Å². The Hall–Kier alpha value is -1.07. The number of alkyl carbamates (subject to hydrolysis) is 1. The Bertz CT molecular complexity index is 499. The molecule has 158 valence electrons. The van der Waals surface area contributed by atoms with E-state index in [4.69, 9.17) is 9.16 Å². The van der Waals surface area contributed by atoms with Crippen LogP contribution in [0, 0.1) is 0 Å². The number of carbonyl (C=O) groups is 1. The van der Waals surface area contributed by atoms with E-state index in [0.29, 0.717) is 6.42 Å². The zero-order valence-corrected chi connectivity index (χ0v) is 20.2. The van der Waals surface area contributed by atoms with Crippen LogP contribution in [-0.4, -0.2) is 26.1 Å².